The standard InChI is InChI=1S/C8H5BrF3N3/c9-4-2-1-3(8(10,11)12)6-5(4)7(13)15-14-6/h1-2H,(H3,13,14,15). The van der Waals surface area contributed by atoms with Gasteiger partial charge in [0.2, 0.25) is 0 Å². The Morgan fingerprint density at radius 3 is 2.60 bits per heavy atom. The maximum Gasteiger partial charge on any atom is 0.418 e. The number of fused-ring (bicyclic) bond motifs is 1. The molecule has 0 amide bonds. The summed E-state index contributed by atoms with van der Waals surface area (Å²) in [6, 6.07) is 2.28. The molecule has 7 heteroatoms. The maximum absolute atomic E-state index is 12.6. The minimum Gasteiger partial charge on any atom is -0.382 e. The van der Waals surface area contributed by atoms with E-state index in [1.165, 1.54) is 6.07 Å². The number of hydrogen-bond acceptors (Lipinski definition) is 2. The van der Waals surface area contributed by atoms with Gasteiger partial charge in [-0.2, -0.15) is 18.3 Å². The number of nitrogens with two attached hydrogens (primary N) is 1. The Labute approximate surface area is 90.6 Å². The van der Waals surface area contributed by atoms with E-state index in [0.29, 0.717) is 4.47 Å². The molecule has 1 aromatic heterocycles. The van der Waals surface area contributed by atoms with Crippen LogP contribution in [0, 0.1) is 0 Å². The highest BCUT2D eigenvalue weighted by molar-refractivity contribution is 9.10. The zero-order valence-electron chi connectivity index (χ0n) is 7.19. The molecule has 15 heavy (non-hydrogen) atoms. The van der Waals surface area contributed by atoms with E-state index in [-0.39, 0.29) is 16.7 Å². The van der Waals surface area contributed by atoms with E-state index in [2.05, 4.69) is 26.1 Å². The van der Waals surface area contributed by atoms with Gasteiger partial charge in [0.05, 0.1) is 16.5 Å². The summed E-state index contributed by atoms with van der Waals surface area (Å²) in [5, 5.41) is 6.09. The molecule has 1 heterocycles. The van der Waals surface area contributed by atoms with Crippen molar-refractivity contribution in [2.45, 2.75) is 6.18 Å². The van der Waals surface area contributed by atoms with E-state index in [9.17, 15) is 13.2 Å². The number of alkyl halides is 3. The Kier molecular flexibility index (Phi) is 2.14. The number of aromatic nitrogens is 2. The maximum atomic E-state index is 12.6. The molecule has 0 aliphatic carbocycles. The lowest BCUT2D eigenvalue weighted by Gasteiger charge is -2.07. The van der Waals surface area contributed by atoms with E-state index in [1.54, 1.807) is 0 Å². The summed E-state index contributed by atoms with van der Waals surface area (Å²) >= 11 is 3.12. The van der Waals surface area contributed by atoms with Gasteiger partial charge in [0.15, 0.2) is 5.82 Å². The number of rotatable bonds is 0. The fraction of sp³-hybridized carbons (Fsp3) is 0.125. The molecular formula is C8H5BrF3N3. The second-order valence-corrected chi connectivity index (χ2v) is 3.81. The SMILES string of the molecule is Nc1n[nH]c2c(C(F)(F)F)ccc(Br)c12. The Morgan fingerprint density at radius 2 is 2.00 bits per heavy atom. The molecule has 0 saturated carbocycles. The quantitative estimate of drug-likeness (QED) is 0.779. The molecule has 0 fully saturated rings. The monoisotopic (exact) mass is 279 g/mol. The van der Waals surface area contributed by atoms with Gasteiger partial charge in [0.1, 0.15) is 0 Å². The molecule has 0 radical (unpaired) electrons. The molecule has 0 bridgehead atoms. The minimum absolute atomic E-state index is 0.0444. The number of nitrogens with one attached hydrogen (secondary N) is 1. The van der Waals surface area contributed by atoms with E-state index in [0.717, 1.165) is 6.07 Å². The zero-order valence-corrected chi connectivity index (χ0v) is 8.78. The van der Waals surface area contributed by atoms with Crippen molar-refractivity contribution in [3.63, 3.8) is 0 Å². The highest BCUT2D eigenvalue weighted by atomic mass is 79.9. The summed E-state index contributed by atoms with van der Waals surface area (Å²) in [5.74, 6) is 0.0444. The van der Waals surface area contributed by atoms with Crippen molar-refractivity contribution < 1.29 is 13.2 Å². The van der Waals surface area contributed by atoms with Gasteiger partial charge < -0.3 is 5.73 Å². The first-order chi connectivity index (χ1) is 6.91. The molecule has 1 aromatic carbocycles. The average molecular weight is 280 g/mol. The van der Waals surface area contributed by atoms with Gasteiger partial charge >= 0.3 is 6.18 Å². The Balaban J connectivity index is 2.85. The molecule has 0 atom stereocenters. The number of nitrogen functional groups attached to an aromatic ring is 1. The number of benzene rings is 1. The normalized spacial score (nSPS) is 12.3. The van der Waals surface area contributed by atoms with E-state index in [1.807, 2.05) is 0 Å². The predicted molar refractivity (Wildman–Crippen MR) is 53.2 cm³/mol. The van der Waals surface area contributed by atoms with Gasteiger partial charge in [-0.25, -0.2) is 0 Å². The van der Waals surface area contributed by atoms with Crippen LogP contribution >= 0.6 is 15.9 Å². The minimum atomic E-state index is -4.42. The van der Waals surface area contributed by atoms with Gasteiger partial charge in [-0.1, -0.05) is 0 Å². The summed E-state index contributed by atoms with van der Waals surface area (Å²) in [4.78, 5) is 0. The smallest absolute Gasteiger partial charge is 0.382 e. The van der Waals surface area contributed by atoms with Crippen LogP contribution in [0.2, 0.25) is 0 Å². The van der Waals surface area contributed by atoms with Crippen LogP contribution in [0.4, 0.5) is 19.0 Å². The van der Waals surface area contributed by atoms with Crippen LogP contribution in [-0.2, 0) is 6.18 Å². The van der Waals surface area contributed by atoms with Crippen LogP contribution in [-0.4, -0.2) is 10.2 Å². The van der Waals surface area contributed by atoms with E-state index >= 15 is 0 Å². The molecular weight excluding hydrogens is 275 g/mol. The summed E-state index contributed by atoms with van der Waals surface area (Å²) in [6.45, 7) is 0. The van der Waals surface area contributed by atoms with Crippen molar-refractivity contribution in [2.75, 3.05) is 5.73 Å². The highest BCUT2D eigenvalue weighted by Crippen LogP contribution is 2.38. The number of nitrogens with zero attached hydrogens (tertiary/aromatic N) is 1. The summed E-state index contributed by atoms with van der Waals surface area (Å²) < 4.78 is 38.1. The number of halogens is 4. The Morgan fingerprint density at radius 1 is 1.33 bits per heavy atom. The molecule has 0 spiro atoms. The molecule has 0 unspecified atom stereocenters. The number of aromatic amines is 1. The van der Waals surface area contributed by atoms with Crippen LogP contribution in [0.3, 0.4) is 0 Å². The third-order valence-corrected chi connectivity index (χ3v) is 2.67. The third-order valence-electron chi connectivity index (χ3n) is 2.00. The zero-order chi connectivity index (χ0) is 11.2. The van der Waals surface area contributed by atoms with Gasteiger partial charge in [-0.3, -0.25) is 5.10 Å². The van der Waals surface area contributed by atoms with Crippen molar-refractivity contribution in [3.8, 4) is 0 Å². The molecule has 3 N–H and O–H groups in total. The molecule has 0 saturated heterocycles. The lowest BCUT2D eigenvalue weighted by Crippen LogP contribution is -2.05. The molecule has 3 nitrogen and oxygen atoms in total. The van der Waals surface area contributed by atoms with E-state index in [4.69, 9.17) is 5.73 Å². The predicted octanol–water partition coefficient (Wildman–Crippen LogP) is 2.93. The second-order valence-electron chi connectivity index (χ2n) is 2.95. The first kappa shape index (κ1) is 10.3. The van der Waals surface area contributed by atoms with Crippen molar-refractivity contribution in [1.29, 1.82) is 0 Å². The lowest BCUT2D eigenvalue weighted by atomic mass is 10.1. The van der Waals surface area contributed by atoms with Crippen LogP contribution in [0.25, 0.3) is 10.9 Å². The average Bonchev–Trinajstić information content (AvgIpc) is 2.47. The first-order valence-electron chi connectivity index (χ1n) is 3.90. The molecule has 2 aromatic rings. The largest absolute Gasteiger partial charge is 0.418 e. The van der Waals surface area contributed by atoms with Crippen molar-refractivity contribution in [2.24, 2.45) is 0 Å². The van der Waals surface area contributed by atoms with Gasteiger partial charge in [0.25, 0.3) is 0 Å². The number of H-pyrrole nitrogens is 1. The fourth-order valence-electron chi connectivity index (χ4n) is 1.35. The fourth-order valence-corrected chi connectivity index (χ4v) is 1.89. The van der Waals surface area contributed by atoms with Crippen LogP contribution < -0.4 is 5.73 Å². The van der Waals surface area contributed by atoms with Crippen molar-refractivity contribution >= 4 is 32.7 Å². The van der Waals surface area contributed by atoms with Crippen LogP contribution in [0.5, 0.6) is 0 Å². The molecule has 80 valence electrons. The molecule has 2 rings (SSSR count). The summed E-state index contributed by atoms with van der Waals surface area (Å²) in [6.07, 6.45) is -4.42. The van der Waals surface area contributed by atoms with Gasteiger partial charge in [-0.15, -0.1) is 0 Å². The van der Waals surface area contributed by atoms with Gasteiger partial charge in [0, 0.05) is 4.47 Å². The van der Waals surface area contributed by atoms with Crippen LogP contribution in [0.15, 0.2) is 16.6 Å². The number of hydrogen-bond donors (Lipinski definition) is 2. The Hall–Kier alpha value is -1.24. The third kappa shape index (κ3) is 1.56. The number of anilines is 1. The Bertz CT molecular complexity index is 518. The topological polar surface area (TPSA) is 54.7 Å². The first-order valence-corrected chi connectivity index (χ1v) is 4.70. The summed E-state index contributed by atoms with van der Waals surface area (Å²) in [7, 11) is 0. The molecule has 0 aliphatic rings. The molecule has 0 aliphatic heterocycles. The highest BCUT2D eigenvalue weighted by Gasteiger charge is 2.34. The van der Waals surface area contributed by atoms with Crippen molar-refractivity contribution in [3.05, 3.63) is 22.2 Å². The summed E-state index contributed by atoms with van der Waals surface area (Å²) in [5.41, 5.74) is 4.57. The van der Waals surface area contributed by atoms with Gasteiger partial charge in [-0.05, 0) is 28.1 Å². The van der Waals surface area contributed by atoms with Crippen LogP contribution in [0.1, 0.15) is 5.56 Å². The van der Waals surface area contributed by atoms with Crippen molar-refractivity contribution in [1.82, 2.24) is 10.2 Å². The van der Waals surface area contributed by atoms with E-state index < -0.39 is 11.7 Å². The lowest BCUT2D eigenvalue weighted by molar-refractivity contribution is -0.136. The second kappa shape index (κ2) is 3.13.